The highest BCUT2D eigenvalue weighted by molar-refractivity contribution is 5.87. The van der Waals surface area contributed by atoms with Crippen molar-refractivity contribution in [2.75, 3.05) is 19.7 Å². The minimum Gasteiger partial charge on any atom is -0.493 e. The molecule has 37 heavy (non-hydrogen) atoms. The van der Waals surface area contributed by atoms with Gasteiger partial charge < -0.3 is 19.5 Å². The van der Waals surface area contributed by atoms with Crippen LogP contribution in [-0.2, 0) is 12.6 Å². The summed E-state index contributed by atoms with van der Waals surface area (Å²) in [6.07, 6.45) is -2.19. The number of likely N-dealkylation sites (tertiary alicyclic amines) is 1. The Labute approximate surface area is 211 Å². The van der Waals surface area contributed by atoms with E-state index >= 15 is 0 Å². The second-order valence-electron chi connectivity index (χ2n) is 8.80. The van der Waals surface area contributed by atoms with E-state index in [1.54, 1.807) is 41.3 Å². The third-order valence-corrected chi connectivity index (χ3v) is 6.13. The van der Waals surface area contributed by atoms with Gasteiger partial charge in [0.1, 0.15) is 11.5 Å². The number of amides is 1. The quantitative estimate of drug-likeness (QED) is 0.437. The number of alkyl halides is 3. The fourth-order valence-electron chi connectivity index (χ4n) is 3.94. The monoisotopic (exact) mass is 514 g/mol. The summed E-state index contributed by atoms with van der Waals surface area (Å²) in [5.41, 5.74) is 0.736. The van der Waals surface area contributed by atoms with E-state index in [-0.39, 0.29) is 11.5 Å². The van der Waals surface area contributed by atoms with Crippen LogP contribution < -0.4 is 9.47 Å². The lowest BCUT2D eigenvalue weighted by Gasteiger charge is -2.31. The fraction of sp³-hybridized carbons (Fsp3) is 0.296. The van der Waals surface area contributed by atoms with E-state index in [1.807, 2.05) is 0 Å². The number of piperidine rings is 1. The molecule has 0 radical (unpaired) electrons. The molecule has 1 aliphatic rings. The maximum Gasteiger partial charge on any atom is 0.417 e. The summed E-state index contributed by atoms with van der Waals surface area (Å²) in [5, 5.41) is 8.95. The molecule has 0 unspecified atom stereocenters. The van der Waals surface area contributed by atoms with Crippen molar-refractivity contribution < 1.29 is 37.3 Å². The van der Waals surface area contributed by atoms with Crippen molar-refractivity contribution in [2.45, 2.75) is 25.4 Å². The lowest BCUT2D eigenvalue weighted by molar-refractivity contribution is -0.137. The zero-order chi connectivity index (χ0) is 26.4. The molecule has 194 valence electrons. The molecular weight excluding hydrogens is 489 g/mol. The van der Waals surface area contributed by atoms with Gasteiger partial charge >= 0.3 is 18.2 Å². The second-order valence-corrected chi connectivity index (χ2v) is 8.80. The molecule has 1 N–H and O–H groups in total. The molecule has 1 saturated heterocycles. The molecule has 2 heterocycles. The van der Waals surface area contributed by atoms with Crippen LogP contribution in [-0.4, -0.2) is 46.7 Å². The smallest absolute Gasteiger partial charge is 0.417 e. The number of carbonyl (C=O) groups is 2. The summed E-state index contributed by atoms with van der Waals surface area (Å²) < 4.78 is 49.3. The van der Waals surface area contributed by atoms with Gasteiger partial charge in [0.25, 0.3) is 0 Å². The molecular formula is C27H25F3N2O5. The zero-order valence-electron chi connectivity index (χ0n) is 19.8. The summed E-state index contributed by atoms with van der Waals surface area (Å²) >= 11 is 0. The largest absolute Gasteiger partial charge is 0.493 e. The molecule has 1 amide bonds. The maximum atomic E-state index is 12.7. The van der Waals surface area contributed by atoms with E-state index in [0.29, 0.717) is 43.3 Å². The number of carbonyl (C=O) groups excluding carboxylic acids is 1. The Kier molecular flexibility index (Phi) is 7.95. The van der Waals surface area contributed by atoms with E-state index in [9.17, 15) is 22.8 Å². The van der Waals surface area contributed by atoms with Crippen LogP contribution in [0.4, 0.5) is 18.0 Å². The first-order valence-corrected chi connectivity index (χ1v) is 11.7. The normalized spacial score (nSPS) is 14.3. The van der Waals surface area contributed by atoms with Crippen LogP contribution in [0, 0.1) is 5.92 Å². The topological polar surface area (TPSA) is 89.0 Å². The number of benzene rings is 2. The van der Waals surface area contributed by atoms with Crippen LogP contribution in [0.1, 0.15) is 40.0 Å². The Balaban J connectivity index is 1.20. The van der Waals surface area contributed by atoms with Crippen molar-refractivity contribution >= 4 is 12.1 Å². The zero-order valence-corrected chi connectivity index (χ0v) is 19.8. The van der Waals surface area contributed by atoms with Crippen molar-refractivity contribution in [3.63, 3.8) is 0 Å². The molecule has 1 aromatic heterocycles. The number of rotatable bonds is 7. The number of ether oxygens (including phenoxy) is 2. The number of carboxylic acid groups (broad SMARTS) is 1. The number of hydrogen-bond donors (Lipinski definition) is 1. The third-order valence-electron chi connectivity index (χ3n) is 6.13. The lowest BCUT2D eigenvalue weighted by atomic mass is 9.98. The molecule has 10 heteroatoms. The predicted molar refractivity (Wildman–Crippen MR) is 128 cm³/mol. The van der Waals surface area contributed by atoms with Crippen LogP contribution in [0.25, 0.3) is 0 Å². The first-order valence-electron chi connectivity index (χ1n) is 11.7. The first-order chi connectivity index (χ1) is 17.7. The molecule has 0 bridgehead atoms. The average molecular weight is 515 g/mol. The van der Waals surface area contributed by atoms with Gasteiger partial charge in [-0.3, -0.25) is 4.98 Å². The van der Waals surface area contributed by atoms with Crippen LogP contribution in [0.15, 0.2) is 66.9 Å². The lowest BCUT2D eigenvalue weighted by Crippen LogP contribution is -2.41. The van der Waals surface area contributed by atoms with Gasteiger partial charge in [-0.05, 0) is 72.9 Å². The Morgan fingerprint density at radius 2 is 1.59 bits per heavy atom. The van der Waals surface area contributed by atoms with Gasteiger partial charge in [0.15, 0.2) is 0 Å². The van der Waals surface area contributed by atoms with Crippen molar-refractivity contribution in [3.8, 4) is 11.5 Å². The molecule has 7 nitrogen and oxygen atoms in total. The highest BCUT2D eigenvalue weighted by atomic mass is 19.4. The van der Waals surface area contributed by atoms with Crippen LogP contribution in [0.5, 0.6) is 11.5 Å². The standard InChI is InChI=1S/C27H25F3N2O5/c28-27(29,30)21-5-6-22(31-16-21)15-18-1-7-24(8-2-18)37-26(35)32-13-11-19(12-14-32)17-36-23-9-3-20(4-10-23)25(33)34/h1-10,16,19H,11-15,17H2,(H,33,34). The predicted octanol–water partition coefficient (Wildman–Crippen LogP) is 5.68. The summed E-state index contributed by atoms with van der Waals surface area (Å²) in [6.45, 7) is 1.54. The molecule has 1 aliphatic heterocycles. The number of pyridine rings is 1. The number of aromatic carboxylic acids is 1. The first kappa shape index (κ1) is 26.0. The Morgan fingerprint density at radius 3 is 2.16 bits per heavy atom. The molecule has 4 rings (SSSR count). The molecule has 0 spiro atoms. The van der Waals surface area contributed by atoms with Crippen molar-refractivity contribution in [2.24, 2.45) is 5.92 Å². The van der Waals surface area contributed by atoms with E-state index in [4.69, 9.17) is 14.6 Å². The van der Waals surface area contributed by atoms with Gasteiger partial charge in [-0.1, -0.05) is 12.1 Å². The highest BCUT2D eigenvalue weighted by Gasteiger charge is 2.30. The van der Waals surface area contributed by atoms with Gasteiger partial charge in [-0.15, -0.1) is 0 Å². The van der Waals surface area contributed by atoms with E-state index in [1.165, 1.54) is 18.2 Å². The number of aromatic nitrogens is 1. The number of nitrogens with zero attached hydrogens (tertiary/aromatic N) is 2. The molecule has 1 fully saturated rings. The van der Waals surface area contributed by atoms with Gasteiger partial charge in [-0.25, -0.2) is 9.59 Å². The van der Waals surface area contributed by atoms with Crippen LogP contribution >= 0.6 is 0 Å². The van der Waals surface area contributed by atoms with E-state index < -0.39 is 23.8 Å². The van der Waals surface area contributed by atoms with Crippen molar-refractivity contribution in [1.82, 2.24) is 9.88 Å². The molecule has 0 aliphatic carbocycles. The Morgan fingerprint density at radius 1 is 0.946 bits per heavy atom. The average Bonchev–Trinajstić information content (AvgIpc) is 2.89. The van der Waals surface area contributed by atoms with Gasteiger partial charge in [0.05, 0.1) is 17.7 Å². The van der Waals surface area contributed by atoms with Gasteiger partial charge in [0, 0.05) is 31.4 Å². The number of carboxylic acids is 1. The third kappa shape index (κ3) is 7.22. The molecule has 2 aromatic carbocycles. The summed E-state index contributed by atoms with van der Waals surface area (Å²) in [5.74, 6) is 0.257. The Hall–Kier alpha value is -4.08. The highest BCUT2D eigenvalue weighted by Crippen LogP contribution is 2.28. The summed E-state index contributed by atoms with van der Waals surface area (Å²) in [6, 6.07) is 15.4. The van der Waals surface area contributed by atoms with E-state index in [2.05, 4.69) is 4.98 Å². The molecule has 0 saturated carbocycles. The summed E-state index contributed by atoms with van der Waals surface area (Å²) in [4.78, 5) is 29.0. The van der Waals surface area contributed by atoms with Crippen LogP contribution in [0.3, 0.4) is 0 Å². The minimum absolute atomic E-state index is 0.199. The number of halogens is 3. The van der Waals surface area contributed by atoms with E-state index in [0.717, 1.165) is 30.7 Å². The molecule has 0 atom stereocenters. The summed E-state index contributed by atoms with van der Waals surface area (Å²) in [7, 11) is 0. The van der Waals surface area contributed by atoms with Crippen LogP contribution in [0.2, 0.25) is 0 Å². The van der Waals surface area contributed by atoms with Crippen molar-refractivity contribution in [3.05, 3.63) is 89.2 Å². The second kappa shape index (κ2) is 11.3. The maximum absolute atomic E-state index is 12.7. The fourth-order valence-corrected chi connectivity index (χ4v) is 3.94. The number of hydrogen-bond acceptors (Lipinski definition) is 5. The minimum atomic E-state index is -4.42. The van der Waals surface area contributed by atoms with Crippen molar-refractivity contribution in [1.29, 1.82) is 0 Å². The van der Waals surface area contributed by atoms with Gasteiger partial charge in [-0.2, -0.15) is 13.2 Å². The molecule has 3 aromatic rings. The van der Waals surface area contributed by atoms with Gasteiger partial charge in [0.2, 0.25) is 0 Å². The Bertz CT molecular complexity index is 1200. The SMILES string of the molecule is O=C(O)c1ccc(OCC2CCN(C(=O)Oc3ccc(Cc4ccc(C(F)(F)F)cn4)cc3)CC2)cc1.